The normalized spacial score (nSPS) is 20.0. The molecule has 0 unspecified atom stereocenters. The number of hydrogen-bond donors (Lipinski definition) is 2. The summed E-state index contributed by atoms with van der Waals surface area (Å²) in [4.78, 5) is 12.3. The van der Waals surface area contributed by atoms with Crippen molar-refractivity contribution in [3.63, 3.8) is 0 Å². The molecule has 2 aromatic rings. The third kappa shape index (κ3) is 5.33. The van der Waals surface area contributed by atoms with Gasteiger partial charge in [0.05, 0.1) is 0 Å². The predicted octanol–water partition coefficient (Wildman–Crippen LogP) is 3.27. The average molecular weight is 338 g/mol. The number of rotatable bonds is 6. The van der Waals surface area contributed by atoms with Gasteiger partial charge in [0, 0.05) is 18.5 Å². The minimum absolute atomic E-state index is 0.134. The first-order valence-corrected chi connectivity index (χ1v) is 8.97. The zero-order chi connectivity index (χ0) is 17.5. The lowest BCUT2D eigenvalue weighted by atomic mass is 9.92. The topological polar surface area (TPSA) is 50.4 Å². The smallest absolute Gasteiger partial charge is 0.223 e. The third-order valence-electron chi connectivity index (χ3n) is 4.63. The van der Waals surface area contributed by atoms with Crippen molar-refractivity contribution >= 4 is 5.91 Å². The molecule has 1 aliphatic rings. The molecule has 1 saturated heterocycles. The highest BCUT2D eigenvalue weighted by atomic mass is 16.5. The molecule has 1 amide bonds. The van der Waals surface area contributed by atoms with Crippen molar-refractivity contribution in [2.75, 3.05) is 6.54 Å². The second kappa shape index (κ2) is 8.67. The third-order valence-corrected chi connectivity index (χ3v) is 4.63. The summed E-state index contributed by atoms with van der Waals surface area (Å²) in [5, 5.41) is 6.45. The number of ether oxygens (including phenoxy) is 1. The van der Waals surface area contributed by atoms with E-state index in [2.05, 4.69) is 41.8 Å². The lowest BCUT2D eigenvalue weighted by Crippen LogP contribution is -2.42. The predicted molar refractivity (Wildman–Crippen MR) is 99.3 cm³/mol. The average Bonchev–Trinajstić information content (AvgIpc) is 2.66. The molecule has 0 spiro atoms. The Kier molecular flexibility index (Phi) is 6.07. The Morgan fingerprint density at radius 3 is 2.56 bits per heavy atom. The van der Waals surface area contributed by atoms with Crippen molar-refractivity contribution in [3.05, 3.63) is 65.7 Å². The molecular formula is C21H26N2O2. The van der Waals surface area contributed by atoms with Crippen LogP contribution in [0.25, 0.3) is 0 Å². The van der Waals surface area contributed by atoms with Crippen LogP contribution >= 0.6 is 0 Å². The molecule has 3 rings (SSSR count). The monoisotopic (exact) mass is 338 g/mol. The number of carbonyl (C=O) groups excluding carboxylic acids is 1. The zero-order valence-corrected chi connectivity index (χ0v) is 14.7. The van der Waals surface area contributed by atoms with E-state index in [1.54, 1.807) is 0 Å². The van der Waals surface area contributed by atoms with E-state index >= 15 is 0 Å². The summed E-state index contributed by atoms with van der Waals surface area (Å²) < 4.78 is 5.74. The number of benzene rings is 2. The van der Waals surface area contributed by atoms with Gasteiger partial charge in [-0.3, -0.25) is 4.79 Å². The summed E-state index contributed by atoms with van der Waals surface area (Å²) in [6.45, 7) is 4.19. The second-order valence-corrected chi connectivity index (χ2v) is 6.71. The first-order valence-electron chi connectivity index (χ1n) is 8.97. The minimum Gasteiger partial charge on any atom is -0.489 e. The molecule has 1 aliphatic heterocycles. The van der Waals surface area contributed by atoms with Crippen molar-refractivity contribution in [2.24, 2.45) is 5.92 Å². The standard InChI is InChI=1S/C21H26N2O2/c1-16-13-19(11-12-22-16)21(24)23-14-17-7-9-18(10-8-17)15-25-20-5-3-2-4-6-20/h2-10,16,19,22H,11-15H2,1H3,(H,23,24)/t16-,19-/m0/s1. The Hall–Kier alpha value is -2.33. The molecule has 0 bridgehead atoms. The van der Waals surface area contributed by atoms with E-state index in [0.717, 1.165) is 36.3 Å². The van der Waals surface area contributed by atoms with Gasteiger partial charge >= 0.3 is 0 Å². The van der Waals surface area contributed by atoms with E-state index in [4.69, 9.17) is 4.74 Å². The summed E-state index contributed by atoms with van der Waals surface area (Å²) in [7, 11) is 0. The fourth-order valence-electron chi connectivity index (χ4n) is 3.14. The van der Waals surface area contributed by atoms with Gasteiger partial charge in [-0.05, 0) is 49.6 Å². The first kappa shape index (κ1) is 17.5. The maximum absolute atomic E-state index is 12.3. The van der Waals surface area contributed by atoms with Crippen LogP contribution in [0, 0.1) is 5.92 Å². The van der Waals surface area contributed by atoms with Crippen LogP contribution in [0.4, 0.5) is 0 Å². The van der Waals surface area contributed by atoms with Crippen molar-refractivity contribution in [1.29, 1.82) is 0 Å². The van der Waals surface area contributed by atoms with Crippen LogP contribution in [-0.4, -0.2) is 18.5 Å². The molecule has 0 radical (unpaired) electrons. The van der Waals surface area contributed by atoms with Crippen LogP contribution in [0.5, 0.6) is 5.75 Å². The van der Waals surface area contributed by atoms with Crippen LogP contribution in [0.15, 0.2) is 54.6 Å². The summed E-state index contributed by atoms with van der Waals surface area (Å²) in [6, 6.07) is 18.4. The molecule has 4 nitrogen and oxygen atoms in total. The molecule has 2 N–H and O–H groups in total. The summed E-state index contributed by atoms with van der Waals surface area (Å²) in [6.07, 6.45) is 1.84. The molecule has 0 aliphatic carbocycles. The Morgan fingerprint density at radius 1 is 1.12 bits per heavy atom. The van der Waals surface area contributed by atoms with Gasteiger partial charge in [0.25, 0.3) is 0 Å². The van der Waals surface area contributed by atoms with Crippen molar-refractivity contribution in [2.45, 2.75) is 39.0 Å². The van der Waals surface area contributed by atoms with E-state index in [-0.39, 0.29) is 11.8 Å². The van der Waals surface area contributed by atoms with Gasteiger partial charge in [-0.2, -0.15) is 0 Å². The summed E-state index contributed by atoms with van der Waals surface area (Å²) >= 11 is 0. The molecular weight excluding hydrogens is 312 g/mol. The molecule has 25 heavy (non-hydrogen) atoms. The molecule has 1 fully saturated rings. The molecule has 4 heteroatoms. The SMILES string of the molecule is C[C@H]1C[C@@H](C(=O)NCc2ccc(COc3ccccc3)cc2)CCN1. The quantitative estimate of drug-likeness (QED) is 0.850. The number of carbonyl (C=O) groups is 1. The Bertz CT molecular complexity index is 670. The van der Waals surface area contributed by atoms with Crippen molar-refractivity contribution in [1.82, 2.24) is 10.6 Å². The van der Waals surface area contributed by atoms with Crippen LogP contribution in [-0.2, 0) is 17.9 Å². The van der Waals surface area contributed by atoms with Crippen molar-refractivity contribution < 1.29 is 9.53 Å². The second-order valence-electron chi connectivity index (χ2n) is 6.71. The number of amides is 1. The zero-order valence-electron chi connectivity index (χ0n) is 14.7. The number of para-hydroxylation sites is 1. The maximum Gasteiger partial charge on any atom is 0.223 e. The van der Waals surface area contributed by atoms with Gasteiger partial charge in [-0.15, -0.1) is 0 Å². The van der Waals surface area contributed by atoms with Crippen LogP contribution in [0.1, 0.15) is 30.9 Å². The number of nitrogens with one attached hydrogen (secondary N) is 2. The molecule has 0 aromatic heterocycles. The van der Waals surface area contributed by atoms with E-state index in [9.17, 15) is 4.79 Å². The Balaban J connectivity index is 1.45. The van der Waals surface area contributed by atoms with Gasteiger partial charge in [0.15, 0.2) is 0 Å². The van der Waals surface area contributed by atoms with Gasteiger partial charge in [-0.25, -0.2) is 0 Å². The van der Waals surface area contributed by atoms with Crippen LogP contribution in [0.3, 0.4) is 0 Å². The Labute approximate surface area is 149 Å². The molecule has 2 atom stereocenters. The molecule has 1 heterocycles. The highest BCUT2D eigenvalue weighted by molar-refractivity contribution is 5.78. The van der Waals surface area contributed by atoms with Gasteiger partial charge in [-0.1, -0.05) is 42.5 Å². The Morgan fingerprint density at radius 2 is 1.84 bits per heavy atom. The van der Waals surface area contributed by atoms with E-state index in [0.29, 0.717) is 19.2 Å². The van der Waals surface area contributed by atoms with Gasteiger partial charge < -0.3 is 15.4 Å². The number of hydrogen-bond acceptors (Lipinski definition) is 3. The molecule has 132 valence electrons. The largest absolute Gasteiger partial charge is 0.489 e. The lowest BCUT2D eigenvalue weighted by Gasteiger charge is -2.27. The lowest BCUT2D eigenvalue weighted by molar-refractivity contribution is -0.126. The van der Waals surface area contributed by atoms with Gasteiger partial charge in [0.1, 0.15) is 12.4 Å². The first-order chi connectivity index (χ1) is 12.2. The fraction of sp³-hybridized carbons (Fsp3) is 0.381. The minimum atomic E-state index is 0.134. The molecule has 2 aromatic carbocycles. The summed E-state index contributed by atoms with van der Waals surface area (Å²) in [5.74, 6) is 1.18. The van der Waals surface area contributed by atoms with Crippen LogP contribution in [0.2, 0.25) is 0 Å². The molecule has 0 saturated carbocycles. The van der Waals surface area contributed by atoms with E-state index < -0.39 is 0 Å². The summed E-state index contributed by atoms with van der Waals surface area (Å²) in [5.41, 5.74) is 2.23. The number of piperidine rings is 1. The van der Waals surface area contributed by atoms with E-state index in [1.807, 2.05) is 30.3 Å². The highest BCUT2D eigenvalue weighted by Crippen LogP contribution is 2.16. The maximum atomic E-state index is 12.3. The van der Waals surface area contributed by atoms with Crippen molar-refractivity contribution in [3.8, 4) is 5.75 Å². The van der Waals surface area contributed by atoms with Gasteiger partial charge in [0.2, 0.25) is 5.91 Å². The van der Waals surface area contributed by atoms with Crippen LogP contribution < -0.4 is 15.4 Å². The fourth-order valence-corrected chi connectivity index (χ4v) is 3.14. The highest BCUT2D eigenvalue weighted by Gasteiger charge is 2.24. The van der Waals surface area contributed by atoms with E-state index in [1.165, 1.54) is 0 Å².